The molecule has 1 fully saturated rings. The van der Waals surface area contributed by atoms with E-state index in [1.165, 1.54) is 41.5 Å². The predicted molar refractivity (Wildman–Crippen MR) is 151 cm³/mol. The second-order valence-electron chi connectivity index (χ2n) is 12.2. The van der Waals surface area contributed by atoms with Crippen molar-refractivity contribution in [2.75, 3.05) is 18.5 Å². The molecule has 206 valence electrons. The lowest BCUT2D eigenvalue weighted by Crippen LogP contribution is -2.27. The molecular formula is C29H40FN3O4Si. The SMILES string of the molecule is CC(C)(C)OC(=O)Nc1ccc(OCCc2ccnc3c2c(C2CC2)cn3COCC[Si](C)(C)C)cc1F. The minimum Gasteiger partial charge on any atom is -0.493 e. The van der Waals surface area contributed by atoms with Crippen LogP contribution in [0.4, 0.5) is 14.9 Å². The van der Waals surface area contributed by atoms with Crippen LogP contribution in [-0.4, -0.2) is 42.5 Å². The summed E-state index contributed by atoms with van der Waals surface area (Å²) < 4.78 is 33.8. The largest absolute Gasteiger partial charge is 0.493 e. The molecule has 38 heavy (non-hydrogen) atoms. The summed E-state index contributed by atoms with van der Waals surface area (Å²) in [7, 11) is -1.14. The molecule has 1 saturated carbocycles. The number of rotatable bonds is 11. The van der Waals surface area contributed by atoms with Crippen molar-refractivity contribution in [1.29, 1.82) is 0 Å². The van der Waals surface area contributed by atoms with E-state index in [0.29, 0.717) is 31.4 Å². The zero-order valence-corrected chi connectivity index (χ0v) is 24.4. The Labute approximate surface area is 225 Å². The topological polar surface area (TPSA) is 74.6 Å². The van der Waals surface area contributed by atoms with E-state index >= 15 is 0 Å². The highest BCUT2D eigenvalue weighted by Gasteiger charge is 2.29. The zero-order valence-electron chi connectivity index (χ0n) is 23.4. The molecule has 0 atom stereocenters. The molecule has 1 amide bonds. The van der Waals surface area contributed by atoms with Gasteiger partial charge in [0.05, 0.1) is 12.3 Å². The number of ether oxygens (including phenoxy) is 3. The van der Waals surface area contributed by atoms with E-state index in [1.54, 1.807) is 26.8 Å². The Kier molecular flexibility index (Phi) is 8.47. The van der Waals surface area contributed by atoms with Crippen molar-refractivity contribution >= 4 is 30.9 Å². The summed E-state index contributed by atoms with van der Waals surface area (Å²) in [4.78, 5) is 16.6. The molecule has 0 unspecified atom stereocenters. The molecular weight excluding hydrogens is 501 g/mol. The number of pyridine rings is 1. The molecule has 0 spiro atoms. The number of benzene rings is 1. The first-order chi connectivity index (χ1) is 17.9. The van der Waals surface area contributed by atoms with Crippen LogP contribution < -0.4 is 10.1 Å². The Morgan fingerprint density at radius 1 is 1.18 bits per heavy atom. The molecule has 3 aromatic rings. The lowest BCUT2D eigenvalue weighted by atomic mass is 10.0. The molecule has 9 heteroatoms. The van der Waals surface area contributed by atoms with Crippen molar-refractivity contribution in [3.63, 3.8) is 0 Å². The Hall–Kier alpha value is -2.91. The molecule has 1 aliphatic carbocycles. The van der Waals surface area contributed by atoms with Crippen LogP contribution in [0.25, 0.3) is 11.0 Å². The van der Waals surface area contributed by atoms with Crippen LogP contribution >= 0.6 is 0 Å². The smallest absolute Gasteiger partial charge is 0.412 e. The van der Waals surface area contributed by atoms with Crippen molar-refractivity contribution < 1.29 is 23.4 Å². The van der Waals surface area contributed by atoms with Gasteiger partial charge in [0.15, 0.2) is 5.82 Å². The third-order valence-corrected chi connectivity index (χ3v) is 8.04. The minimum absolute atomic E-state index is 0.0462. The number of carbonyl (C=O) groups excluding carboxylic acids is 1. The Bertz CT molecular complexity index is 1280. The van der Waals surface area contributed by atoms with Gasteiger partial charge < -0.3 is 18.8 Å². The van der Waals surface area contributed by atoms with Crippen LogP contribution in [0.2, 0.25) is 25.7 Å². The summed E-state index contributed by atoms with van der Waals surface area (Å²) >= 11 is 0. The van der Waals surface area contributed by atoms with Crippen molar-refractivity contribution in [3.05, 3.63) is 53.6 Å². The average Bonchev–Trinajstić information content (AvgIpc) is 3.58. The lowest BCUT2D eigenvalue weighted by molar-refractivity contribution is 0.0635. The van der Waals surface area contributed by atoms with Crippen LogP contribution in [0.3, 0.4) is 0 Å². The number of anilines is 1. The van der Waals surface area contributed by atoms with E-state index in [9.17, 15) is 9.18 Å². The molecule has 2 aromatic heterocycles. The number of amides is 1. The van der Waals surface area contributed by atoms with Crippen molar-refractivity contribution in [3.8, 4) is 5.75 Å². The number of nitrogens with one attached hydrogen (secondary N) is 1. The molecule has 0 bridgehead atoms. The maximum atomic E-state index is 14.6. The number of aromatic nitrogens is 2. The Balaban J connectivity index is 1.40. The predicted octanol–water partition coefficient (Wildman–Crippen LogP) is 7.33. The number of carbonyl (C=O) groups is 1. The quantitative estimate of drug-likeness (QED) is 0.203. The fourth-order valence-corrected chi connectivity index (χ4v) is 5.00. The summed E-state index contributed by atoms with van der Waals surface area (Å²) in [5.41, 5.74) is 2.83. The molecule has 4 rings (SSSR count). The molecule has 0 aliphatic heterocycles. The van der Waals surface area contributed by atoms with Crippen LogP contribution in [0.5, 0.6) is 5.75 Å². The second-order valence-corrected chi connectivity index (χ2v) is 17.8. The van der Waals surface area contributed by atoms with Gasteiger partial charge in [-0.2, -0.15) is 0 Å². The highest BCUT2D eigenvalue weighted by Crippen LogP contribution is 2.44. The average molecular weight is 542 g/mol. The molecule has 7 nitrogen and oxygen atoms in total. The van der Waals surface area contributed by atoms with E-state index in [0.717, 1.165) is 18.3 Å². The first-order valence-electron chi connectivity index (χ1n) is 13.4. The third-order valence-electron chi connectivity index (χ3n) is 6.33. The summed E-state index contributed by atoms with van der Waals surface area (Å²) in [5.74, 6) is 0.393. The van der Waals surface area contributed by atoms with E-state index in [4.69, 9.17) is 14.2 Å². The van der Waals surface area contributed by atoms with Gasteiger partial charge in [-0.05, 0) is 74.9 Å². The standard InChI is InChI=1S/C29H40FN3O4Si/c1-29(2,3)37-28(34)32-25-10-9-22(17-24(25)30)36-14-12-21-11-13-31-27-26(21)23(20-7-8-20)18-33(27)19-35-15-16-38(4,5)6/h9-11,13,17-18,20H,7-8,12,14-16,19H2,1-6H3,(H,32,34). The highest BCUT2D eigenvalue weighted by atomic mass is 28.3. The normalized spacial score (nSPS) is 14.1. The Morgan fingerprint density at radius 3 is 2.61 bits per heavy atom. The molecule has 0 saturated heterocycles. The molecule has 2 heterocycles. The van der Waals surface area contributed by atoms with Gasteiger partial charge >= 0.3 is 6.09 Å². The van der Waals surface area contributed by atoms with Gasteiger partial charge in [-0.1, -0.05) is 19.6 Å². The number of nitrogens with zero attached hydrogens (tertiary/aromatic N) is 2. The fraction of sp³-hybridized carbons (Fsp3) is 0.517. The summed E-state index contributed by atoms with van der Waals surface area (Å²) in [6, 6.07) is 7.58. The zero-order chi connectivity index (χ0) is 27.5. The van der Waals surface area contributed by atoms with Gasteiger partial charge in [0.2, 0.25) is 0 Å². The van der Waals surface area contributed by atoms with Crippen molar-refractivity contribution in [2.24, 2.45) is 0 Å². The highest BCUT2D eigenvalue weighted by molar-refractivity contribution is 6.76. The number of hydrogen-bond donors (Lipinski definition) is 1. The van der Waals surface area contributed by atoms with E-state index in [-0.39, 0.29) is 5.69 Å². The van der Waals surface area contributed by atoms with Crippen LogP contribution in [0.1, 0.15) is 50.7 Å². The maximum absolute atomic E-state index is 14.6. The summed E-state index contributed by atoms with van der Waals surface area (Å²) in [6.45, 7) is 14.0. The van der Waals surface area contributed by atoms with Gasteiger partial charge in [0.25, 0.3) is 0 Å². The Morgan fingerprint density at radius 2 is 1.95 bits per heavy atom. The minimum atomic E-state index is -1.14. The van der Waals surface area contributed by atoms with Crippen molar-refractivity contribution in [2.45, 2.75) is 84.0 Å². The second kappa shape index (κ2) is 11.5. The van der Waals surface area contributed by atoms with E-state index in [1.807, 2.05) is 12.3 Å². The van der Waals surface area contributed by atoms with Gasteiger partial charge in [-0.15, -0.1) is 0 Å². The molecule has 1 aliphatic rings. The van der Waals surface area contributed by atoms with Crippen LogP contribution in [-0.2, 0) is 22.6 Å². The first kappa shape index (κ1) is 28.1. The fourth-order valence-electron chi connectivity index (χ4n) is 4.25. The third kappa shape index (κ3) is 7.80. The molecule has 1 N–H and O–H groups in total. The van der Waals surface area contributed by atoms with Crippen LogP contribution in [0, 0.1) is 5.82 Å². The molecule has 0 radical (unpaired) electrons. The van der Waals surface area contributed by atoms with E-state index < -0.39 is 25.6 Å². The van der Waals surface area contributed by atoms with E-state index in [2.05, 4.69) is 40.7 Å². The maximum Gasteiger partial charge on any atom is 0.412 e. The van der Waals surface area contributed by atoms with Gasteiger partial charge in [0, 0.05) is 44.9 Å². The van der Waals surface area contributed by atoms with Gasteiger partial charge in [-0.25, -0.2) is 14.2 Å². The number of fused-ring (bicyclic) bond motifs is 1. The summed E-state index contributed by atoms with van der Waals surface area (Å²) in [5, 5.41) is 3.63. The monoisotopic (exact) mass is 541 g/mol. The van der Waals surface area contributed by atoms with Crippen LogP contribution in [0.15, 0.2) is 36.7 Å². The number of halogens is 1. The van der Waals surface area contributed by atoms with Gasteiger partial charge in [-0.3, -0.25) is 5.32 Å². The van der Waals surface area contributed by atoms with Crippen molar-refractivity contribution in [1.82, 2.24) is 9.55 Å². The molecule has 1 aromatic carbocycles. The lowest BCUT2D eigenvalue weighted by Gasteiger charge is -2.19. The van der Waals surface area contributed by atoms with Gasteiger partial charge in [0.1, 0.15) is 23.7 Å². The number of hydrogen-bond acceptors (Lipinski definition) is 5. The first-order valence-corrected chi connectivity index (χ1v) is 17.1. The summed E-state index contributed by atoms with van der Waals surface area (Å²) in [6.07, 6.45) is 6.40.